The number of anilines is 1. The highest BCUT2D eigenvalue weighted by Crippen LogP contribution is 2.19. The van der Waals surface area contributed by atoms with E-state index < -0.39 is 0 Å². The number of rotatable bonds is 2. The van der Waals surface area contributed by atoms with Crippen molar-refractivity contribution in [2.75, 3.05) is 37.7 Å². The van der Waals surface area contributed by atoms with Crippen molar-refractivity contribution in [1.29, 1.82) is 0 Å². The molecule has 0 aromatic carbocycles. The van der Waals surface area contributed by atoms with Gasteiger partial charge in [0.1, 0.15) is 11.6 Å². The van der Waals surface area contributed by atoms with E-state index in [-0.39, 0.29) is 6.04 Å². The smallest absolute Gasteiger partial charge is 0.149 e. The van der Waals surface area contributed by atoms with Crippen LogP contribution in [0.5, 0.6) is 0 Å². The number of morpholine rings is 1. The standard InChI is InChI=1S/C13H20N4O/c1-2-7-17(8-3-1)12-4-5-15-13(16-12)11-10-18-9-6-14-11/h4-5,11,14H,1-3,6-10H2. The third-order valence-corrected chi connectivity index (χ3v) is 3.57. The van der Waals surface area contributed by atoms with Crippen molar-refractivity contribution >= 4 is 5.82 Å². The van der Waals surface area contributed by atoms with Crippen LogP contribution >= 0.6 is 0 Å². The molecule has 2 aliphatic heterocycles. The van der Waals surface area contributed by atoms with E-state index >= 15 is 0 Å². The molecule has 2 saturated heterocycles. The number of ether oxygens (including phenoxy) is 1. The Labute approximate surface area is 108 Å². The van der Waals surface area contributed by atoms with Crippen LogP contribution < -0.4 is 10.2 Å². The van der Waals surface area contributed by atoms with Gasteiger partial charge in [-0.05, 0) is 25.3 Å². The Kier molecular flexibility index (Phi) is 3.71. The molecule has 1 aromatic heterocycles. The molecule has 0 saturated carbocycles. The number of hydrogen-bond donors (Lipinski definition) is 1. The van der Waals surface area contributed by atoms with E-state index in [1.54, 1.807) is 0 Å². The van der Waals surface area contributed by atoms with Crippen molar-refractivity contribution in [3.05, 3.63) is 18.1 Å². The zero-order valence-corrected chi connectivity index (χ0v) is 10.6. The number of nitrogens with one attached hydrogen (secondary N) is 1. The van der Waals surface area contributed by atoms with Crippen LogP contribution in [0.2, 0.25) is 0 Å². The molecule has 1 atom stereocenters. The lowest BCUT2D eigenvalue weighted by Gasteiger charge is -2.29. The predicted molar refractivity (Wildman–Crippen MR) is 69.7 cm³/mol. The van der Waals surface area contributed by atoms with E-state index in [2.05, 4.69) is 15.2 Å². The molecule has 0 radical (unpaired) electrons. The lowest BCUT2D eigenvalue weighted by atomic mass is 10.1. The van der Waals surface area contributed by atoms with Gasteiger partial charge >= 0.3 is 0 Å². The molecule has 0 bridgehead atoms. The van der Waals surface area contributed by atoms with Gasteiger partial charge in [-0.1, -0.05) is 0 Å². The molecule has 0 aliphatic carbocycles. The summed E-state index contributed by atoms with van der Waals surface area (Å²) in [5.41, 5.74) is 0. The van der Waals surface area contributed by atoms with Gasteiger partial charge in [0.25, 0.3) is 0 Å². The second-order valence-corrected chi connectivity index (χ2v) is 4.90. The molecular formula is C13H20N4O. The summed E-state index contributed by atoms with van der Waals surface area (Å²) in [5.74, 6) is 1.92. The summed E-state index contributed by atoms with van der Waals surface area (Å²) in [7, 11) is 0. The van der Waals surface area contributed by atoms with Crippen LogP contribution in [0.4, 0.5) is 5.82 Å². The number of nitrogens with zero attached hydrogens (tertiary/aromatic N) is 3. The molecule has 5 nitrogen and oxygen atoms in total. The van der Waals surface area contributed by atoms with E-state index in [1.165, 1.54) is 19.3 Å². The predicted octanol–water partition coefficient (Wildman–Crippen LogP) is 1.13. The molecule has 98 valence electrons. The maximum absolute atomic E-state index is 5.47. The van der Waals surface area contributed by atoms with Crippen LogP contribution in [0.15, 0.2) is 12.3 Å². The summed E-state index contributed by atoms with van der Waals surface area (Å²) in [6.45, 7) is 4.56. The van der Waals surface area contributed by atoms with E-state index in [1.807, 2.05) is 12.3 Å². The van der Waals surface area contributed by atoms with Crippen LogP contribution in [-0.2, 0) is 4.74 Å². The highest BCUT2D eigenvalue weighted by molar-refractivity contribution is 5.38. The zero-order valence-electron chi connectivity index (χ0n) is 10.6. The minimum atomic E-state index is 0.142. The first-order valence-corrected chi connectivity index (χ1v) is 6.82. The fourth-order valence-corrected chi connectivity index (χ4v) is 2.56. The van der Waals surface area contributed by atoms with Crippen molar-refractivity contribution in [3.8, 4) is 0 Å². The SMILES string of the molecule is c1cc(N2CCCCC2)nc(C2COCCN2)n1. The monoisotopic (exact) mass is 248 g/mol. The lowest BCUT2D eigenvalue weighted by Crippen LogP contribution is -2.36. The molecule has 1 aromatic rings. The Morgan fingerprint density at radius 2 is 2.17 bits per heavy atom. The second kappa shape index (κ2) is 5.63. The second-order valence-electron chi connectivity index (χ2n) is 4.90. The molecule has 18 heavy (non-hydrogen) atoms. The fraction of sp³-hybridized carbons (Fsp3) is 0.692. The highest BCUT2D eigenvalue weighted by Gasteiger charge is 2.19. The van der Waals surface area contributed by atoms with Gasteiger partial charge in [-0.15, -0.1) is 0 Å². The third kappa shape index (κ3) is 2.62. The quantitative estimate of drug-likeness (QED) is 0.850. The van der Waals surface area contributed by atoms with Crippen molar-refractivity contribution in [2.24, 2.45) is 0 Å². The van der Waals surface area contributed by atoms with Crippen LogP contribution in [0.25, 0.3) is 0 Å². The van der Waals surface area contributed by atoms with Crippen LogP contribution in [-0.4, -0.2) is 42.8 Å². The molecule has 0 amide bonds. The number of aromatic nitrogens is 2. The first-order valence-electron chi connectivity index (χ1n) is 6.82. The van der Waals surface area contributed by atoms with Gasteiger partial charge in [-0.25, -0.2) is 9.97 Å². The average Bonchev–Trinajstić information content (AvgIpc) is 2.49. The molecule has 0 spiro atoms. The van der Waals surface area contributed by atoms with Gasteiger partial charge in [0.15, 0.2) is 0 Å². The van der Waals surface area contributed by atoms with Crippen LogP contribution in [0.1, 0.15) is 31.1 Å². The van der Waals surface area contributed by atoms with Gasteiger partial charge in [-0.2, -0.15) is 0 Å². The summed E-state index contributed by atoms with van der Waals surface area (Å²) in [6.07, 6.45) is 5.74. The summed E-state index contributed by atoms with van der Waals surface area (Å²) in [6, 6.07) is 2.15. The fourth-order valence-electron chi connectivity index (χ4n) is 2.56. The molecule has 3 heterocycles. The van der Waals surface area contributed by atoms with Crippen molar-refractivity contribution < 1.29 is 4.74 Å². The van der Waals surface area contributed by atoms with Gasteiger partial charge < -0.3 is 15.0 Å². The molecular weight excluding hydrogens is 228 g/mol. The van der Waals surface area contributed by atoms with Crippen molar-refractivity contribution in [2.45, 2.75) is 25.3 Å². The average molecular weight is 248 g/mol. The molecule has 1 unspecified atom stereocenters. The zero-order chi connectivity index (χ0) is 12.2. The van der Waals surface area contributed by atoms with Gasteiger partial charge in [0.2, 0.25) is 0 Å². The minimum Gasteiger partial charge on any atom is -0.378 e. The first kappa shape index (κ1) is 11.9. The number of piperidine rings is 1. The van der Waals surface area contributed by atoms with E-state index in [0.29, 0.717) is 6.61 Å². The summed E-state index contributed by atoms with van der Waals surface area (Å²) >= 11 is 0. The first-order chi connectivity index (χ1) is 8.93. The van der Waals surface area contributed by atoms with Gasteiger partial charge in [0, 0.05) is 25.8 Å². The normalized spacial score (nSPS) is 25.1. The maximum atomic E-state index is 5.47. The summed E-state index contributed by atoms with van der Waals surface area (Å²) in [5, 5.41) is 3.40. The Bertz CT molecular complexity index is 353. The Morgan fingerprint density at radius 3 is 2.94 bits per heavy atom. The van der Waals surface area contributed by atoms with Gasteiger partial charge in [-0.3, -0.25) is 0 Å². The number of hydrogen-bond acceptors (Lipinski definition) is 5. The van der Waals surface area contributed by atoms with E-state index in [0.717, 1.165) is 37.9 Å². The molecule has 2 aliphatic rings. The topological polar surface area (TPSA) is 50.3 Å². The van der Waals surface area contributed by atoms with Crippen LogP contribution in [0.3, 0.4) is 0 Å². The Hall–Kier alpha value is -1.20. The van der Waals surface area contributed by atoms with Crippen LogP contribution in [0, 0.1) is 0 Å². The minimum absolute atomic E-state index is 0.142. The molecule has 5 heteroatoms. The molecule has 2 fully saturated rings. The van der Waals surface area contributed by atoms with Crippen molar-refractivity contribution in [1.82, 2.24) is 15.3 Å². The van der Waals surface area contributed by atoms with E-state index in [9.17, 15) is 0 Å². The summed E-state index contributed by atoms with van der Waals surface area (Å²) in [4.78, 5) is 11.4. The Morgan fingerprint density at radius 1 is 1.28 bits per heavy atom. The van der Waals surface area contributed by atoms with Gasteiger partial charge in [0.05, 0.1) is 19.3 Å². The summed E-state index contributed by atoms with van der Waals surface area (Å²) < 4.78 is 5.47. The van der Waals surface area contributed by atoms with E-state index in [4.69, 9.17) is 9.72 Å². The lowest BCUT2D eigenvalue weighted by molar-refractivity contribution is 0.0742. The Balaban J connectivity index is 1.75. The highest BCUT2D eigenvalue weighted by atomic mass is 16.5. The largest absolute Gasteiger partial charge is 0.378 e. The third-order valence-electron chi connectivity index (χ3n) is 3.57. The van der Waals surface area contributed by atoms with Crippen molar-refractivity contribution in [3.63, 3.8) is 0 Å². The molecule has 1 N–H and O–H groups in total. The molecule has 3 rings (SSSR count). The maximum Gasteiger partial charge on any atom is 0.149 e.